The second-order valence-electron chi connectivity index (χ2n) is 10.0. The first-order valence-corrected chi connectivity index (χ1v) is 11.8. The fourth-order valence-electron chi connectivity index (χ4n) is 4.72. The van der Waals surface area contributed by atoms with Crippen molar-refractivity contribution in [2.75, 3.05) is 31.1 Å². The molecule has 2 aliphatic heterocycles. The molecule has 4 heterocycles. The summed E-state index contributed by atoms with van der Waals surface area (Å²) in [6.07, 6.45) is 5.13. The predicted molar refractivity (Wildman–Crippen MR) is 129 cm³/mol. The third-order valence-corrected chi connectivity index (χ3v) is 6.47. The van der Waals surface area contributed by atoms with Gasteiger partial charge in [-0.25, -0.2) is 9.78 Å². The van der Waals surface area contributed by atoms with Crippen molar-refractivity contribution in [3.63, 3.8) is 0 Å². The van der Waals surface area contributed by atoms with Gasteiger partial charge < -0.3 is 14.5 Å². The normalized spacial score (nSPS) is 17.8. The molecule has 1 amide bonds. The van der Waals surface area contributed by atoms with E-state index in [4.69, 9.17) is 19.7 Å². The highest BCUT2D eigenvalue weighted by Gasteiger charge is 2.35. The molecule has 0 aliphatic carbocycles. The van der Waals surface area contributed by atoms with E-state index in [2.05, 4.69) is 29.2 Å². The molecule has 0 spiro atoms. The number of likely N-dealkylation sites (tertiary alicyclic amines) is 1. The third kappa shape index (κ3) is 4.63. The van der Waals surface area contributed by atoms with Gasteiger partial charge in [-0.15, -0.1) is 0 Å². The zero-order chi connectivity index (χ0) is 23.0. The average Bonchev–Trinajstić information content (AvgIpc) is 2.77. The van der Waals surface area contributed by atoms with E-state index in [0.717, 1.165) is 54.0 Å². The minimum absolute atomic E-state index is 0.224. The Morgan fingerprint density at radius 3 is 2.30 bits per heavy atom. The van der Waals surface area contributed by atoms with Crippen molar-refractivity contribution in [3.8, 4) is 0 Å². The van der Waals surface area contributed by atoms with Gasteiger partial charge in [-0.1, -0.05) is 18.2 Å². The van der Waals surface area contributed by atoms with Crippen LogP contribution >= 0.6 is 0 Å². The fourth-order valence-corrected chi connectivity index (χ4v) is 4.72. The van der Waals surface area contributed by atoms with E-state index in [-0.39, 0.29) is 6.09 Å². The number of pyridine rings is 1. The molecule has 3 aromatic rings. The van der Waals surface area contributed by atoms with Crippen LogP contribution in [-0.4, -0.2) is 57.7 Å². The molecule has 0 saturated carbocycles. The van der Waals surface area contributed by atoms with Gasteiger partial charge in [0.1, 0.15) is 11.4 Å². The Kier molecular flexibility index (Phi) is 5.64. The van der Waals surface area contributed by atoms with Crippen LogP contribution in [0.15, 0.2) is 48.8 Å². The second-order valence-corrected chi connectivity index (χ2v) is 10.0. The largest absolute Gasteiger partial charge is 0.444 e. The lowest BCUT2D eigenvalue weighted by atomic mass is 9.86. The number of carbonyl (C=O) groups excluding carboxylic acids is 1. The number of rotatable bonds is 3. The zero-order valence-corrected chi connectivity index (χ0v) is 19.6. The zero-order valence-electron chi connectivity index (χ0n) is 19.6. The summed E-state index contributed by atoms with van der Waals surface area (Å²) in [5.41, 5.74) is 2.75. The maximum atomic E-state index is 12.4. The van der Waals surface area contributed by atoms with Crippen LogP contribution in [-0.2, 0) is 4.74 Å². The van der Waals surface area contributed by atoms with Gasteiger partial charge >= 0.3 is 6.09 Å². The number of hydrogen-bond donors (Lipinski definition) is 0. The molecule has 5 rings (SSSR count). The number of nitrogens with zero attached hydrogens (tertiary/aromatic N) is 5. The molecule has 0 bridgehead atoms. The molecule has 33 heavy (non-hydrogen) atoms. The van der Waals surface area contributed by atoms with Gasteiger partial charge in [0.05, 0.1) is 16.9 Å². The second kappa shape index (κ2) is 8.61. The average molecular weight is 446 g/mol. The van der Waals surface area contributed by atoms with Gasteiger partial charge in [0.2, 0.25) is 0 Å². The smallest absolute Gasteiger partial charge is 0.410 e. The van der Waals surface area contributed by atoms with E-state index in [1.54, 1.807) is 12.4 Å². The molecule has 7 heteroatoms. The highest BCUT2D eigenvalue weighted by molar-refractivity contribution is 5.80. The van der Waals surface area contributed by atoms with E-state index >= 15 is 0 Å². The summed E-state index contributed by atoms with van der Waals surface area (Å²) in [5.74, 6) is 1.69. The molecule has 2 aromatic heterocycles. The van der Waals surface area contributed by atoms with Crippen molar-refractivity contribution in [1.29, 1.82) is 0 Å². The van der Waals surface area contributed by atoms with E-state index < -0.39 is 5.60 Å². The Labute approximate surface area is 194 Å². The summed E-state index contributed by atoms with van der Waals surface area (Å²) >= 11 is 0. The molecule has 0 atom stereocenters. The van der Waals surface area contributed by atoms with Crippen molar-refractivity contribution >= 4 is 22.8 Å². The van der Waals surface area contributed by atoms with Crippen LogP contribution in [0.3, 0.4) is 0 Å². The van der Waals surface area contributed by atoms with E-state index in [9.17, 15) is 4.79 Å². The lowest BCUT2D eigenvalue weighted by Gasteiger charge is -2.41. The maximum absolute atomic E-state index is 12.4. The number of ether oxygens (including phenoxy) is 1. The molecule has 2 saturated heterocycles. The summed E-state index contributed by atoms with van der Waals surface area (Å²) in [7, 11) is 0. The van der Waals surface area contributed by atoms with Crippen LogP contribution in [0.4, 0.5) is 10.6 Å². The van der Waals surface area contributed by atoms with Crippen LogP contribution in [0.1, 0.15) is 56.8 Å². The van der Waals surface area contributed by atoms with Crippen molar-refractivity contribution in [2.24, 2.45) is 0 Å². The van der Waals surface area contributed by atoms with Crippen LogP contribution in [0.25, 0.3) is 10.9 Å². The van der Waals surface area contributed by atoms with Gasteiger partial charge in [-0.2, -0.15) is 0 Å². The lowest BCUT2D eigenvalue weighted by Crippen LogP contribution is -2.46. The van der Waals surface area contributed by atoms with Crippen LogP contribution < -0.4 is 4.90 Å². The van der Waals surface area contributed by atoms with Gasteiger partial charge in [-0.05, 0) is 51.8 Å². The molecule has 2 aliphatic rings. The van der Waals surface area contributed by atoms with Crippen LogP contribution in [0, 0.1) is 0 Å². The van der Waals surface area contributed by atoms with Gasteiger partial charge in [-0.3, -0.25) is 9.97 Å². The number of para-hydroxylation sites is 1. The predicted octanol–water partition coefficient (Wildman–Crippen LogP) is 4.74. The number of fused-ring (bicyclic) bond motifs is 1. The summed E-state index contributed by atoms with van der Waals surface area (Å²) in [6, 6.07) is 12.4. The van der Waals surface area contributed by atoms with E-state index in [0.29, 0.717) is 24.9 Å². The first-order valence-electron chi connectivity index (χ1n) is 11.8. The van der Waals surface area contributed by atoms with E-state index in [1.807, 2.05) is 37.8 Å². The van der Waals surface area contributed by atoms with Gasteiger partial charge in [0.15, 0.2) is 0 Å². The molecular formula is C26H31N5O2. The number of amides is 1. The summed E-state index contributed by atoms with van der Waals surface area (Å²) in [5, 5.41) is 1.16. The monoisotopic (exact) mass is 445 g/mol. The summed E-state index contributed by atoms with van der Waals surface area (Å²) in [6.45, 7) is 8.87. The van der Waals surface area contributed by atoms with Crippen LogP contribution in [0.2, 0.25) is 0 Å². The molecule has 7 nitrogen and oxygen atoms in total. The molecular weight excluding hydrogens is 414 g/mol. The Morgan fingerprint density at radius 1 is 0.939 bits per heavy atom. The summed E-state index contributed by atoms with van der Waals surface area (Å²) < 4.78 is 5.53. The van der Waals surface area contributed by atoms with Crippen molar-refractivity contribution < 1.29 is 9.53 Å². The number of piperidine rings is 1. The number of anilines is 1. The lowest BCUT2D eigenvalue weighted by molar-refractivity contribution is 0.0203. The number of benzene rings is 1. The highest BCUT2D eigenvalue weighted by atomic mass is 16.6. The quantitative estimate of drug-likeness (QED) is 0.580. The highest BCUT2D eigenvalue weighted by Crippen LogP contribution is 2.36. The molecule has 0 N–H and O–H groups in total. The molecule has 1 aromatic carbocycles. The Balaban J connectivity index is 1.23. The molecule has 0 unspecified atom stereocenters. The topological polar surface area (TPSA) is 71.5 Å². The molecule has 172 valence electrons. The van der Waals surface area contributed by atoms with Gasteiger partial charge in [0, 0.05) is 55.8 Å². The minimum atomic E-state index is -0.470. The maximum Gasteiger partial charge on any atom is 0.410 e. The standard InChI is InChI=1S/C26H31N5O2/c1-26(2,3)33-25(32)30-14-10-19(11-15-30)23-24(28-13-12-27-23)20-16-31(17-20)22-9-8-18-6-4-5-7-21(18)29-22/h4-9,12-13,19-20H,10-11,14-17H2,1-3H3. The van der Waals surface area contributed by atoms with E-state index in [1.165, 1.54) is 0 Å². The van der Waals surface area contributed by atoms with Crippen molar-refractivity contribution in [1.82, 2.24) is 19.9 Å². The minimum Gasteiger partial charge on any atom is -0.444 e. The SMILES string of the molecule is CC(C)(C)OC(=O)N1CCC(c2nccnc2C2CN(c3ccc4ccccc4n3)C2)CC1. The number of hydrogen-bond acceptors (Lipinski definition) is 6. The van der Waals surface area contributed by atoms with Crippen molar-refractivity contribution in [2.45, 2.75) is 51.0 Å². The molecule has 2 fully saturated rings. The molecule has 0 radical (unpaired) electrons. The fraction of sp³-hybridized carbons (Fsp3) is 0.462. The Morgan fingerprint density at radius 2 is 1.61 bits per heavy atom. The number of aromatic nitrogens is 3. The third-order valence-electron chi connectivity index (χ3n) is 6.47. The summed E-state index contributed by atoms with van der Waals surface area (Å²) in [4.78, 5) is 30.8. The first-order chi connectivity index (χ1) is 15.9. The van der Waals surface area contributed by atoms with Crippen LogP contribution in [0.5, 0.6) is 0 Å². The Bertz CT molecular complexity index is 1140. The number of carbonyl (C=O) groups is 1. The first kappa shape index (κ1) is 21.6. The Hall–Kier alpha value is -3.22. The van der Waals surface area contributed by atoms with Gasteiger partial charge in [0.25, 0.3) is 0 Å². The van der Waals surface area contributed by atoms with Crippen molar-refractivity contribution in [3.05, 3.63) is 60.2 Å².